The van der Waals surface area contributed by atoms with Crippen LogP contribution in [0.1, 0.15) is 5.69 Å². The molecule has 0 aliphatic carbocycles. The molecule has 2 unspecified atom stereocenters. The van der Waals surface area contributed by atoms with Crippen molar-refractivity contribution in [3.8, 4) is 0 Å². The Bertz CT molecular complexity index is 1010. The van der Waals surface area contributed by atoms with Gasteiger partial charge in [-0.15, -0.1) is 22.9 Å². The van der Waals surface area contributed by atoms with E-state index in [1.807, 2.05) is 0 Å². The van der Waals surface area contributed by atoms with Gasteiger partial charge in [0.05, 0.1) is 0 Å². The van der Waals surface area contributed by atoms with Crippen molar-refractivity contribution in [1.82, 2.24) is 19.9 Å². The average Bonchev–Trinajstić information content (AvgIpc) is 3.13. The number of β-lactam (4-membered cyclic amide) rings is 1. The second-order valence-corrected chi connectivity index (χ2v) is 7.88. The van der Waals surface area contributed by atoms with Crippen molar-refractivity contribution >= 4 is 67.7 Å². The van der Waals surface area contributed by atoms with E-state index in [9.17, 15) is 27.6 Å². The fraction of sp³-hybridized carbons (Fsp3) is 0.385. The number of carbonyl (C=O) groups excluding carboxylic acids is 4. The summed E-state index contributed by atoms with van der Waals surface area (Å²) in [6.07, 6.45) is 0. The molecule has 2 atom stereocenters. The first-order valence-electron chi connectivity index (χ1n) is 7.81. The lowest BCUT2D eigenvalue weighted by Crippen LogP contribution is -2.75. The molecular formula is C13H15ClN6O8S2. The third-order valence-corrected chi connectivity index (χ3v) is 5.52. The molecular weight excluding hydrogens is 468 g/mol. The zero-order valence-electron chi connectivity index (χ0n) is 15.3. The average molecular weight is 483 g/mol. The molecule has 2 heterocycles. The van der Waals surface area contributed by atoms with E-state index >= 15 is 0 Å². The van der Waals surface area contributed by atoms with Crippen LogP contribution in [0.2, 0.25) is 0 Å². The van der Waals surface area contributed by atoms with Crippen LogP contribution in [0.25, 0.3) is 0 Å². The molecule has 0 spiro atoms. The molecule has 0 radical (unpaired) electrons. The molecule has 1 aliphatic rings. The quantitative estimate of drug-likeness (QED) is 0.105. The number of thiazole rings is 1. The highest BCUT2D eigenvalue weighted by atomic mass is 35.5. The zero-order chi connectivity index (χ0) is 22.6. The molecule has 2 rings (SSSR count). The molecule has 0 saturated carbocycles. The summed E-state index contributed by atoms with van der Waals surface area (Å²) in [5.41, 5.74) is -0.465. The summed E-state index contributed by atoms with van der Waals surface area (Å²) in [5, 5.41) is 11.6. The maximum absolute atomic E-state index is 12.6. The molecule has 4 amide bonds. The van der Waals surface area contributed by atoms with Crippen molar-refractivity contribution < 1.29 is 37.0 Å². The molecule has 1 aromatic rings. The van der Waals surface area contributed by atoms with E-state index in [4.69, 9.17) is 16.2 Å². The lowest BCUT2D eigenvalue weighted by Gasteiger charge is -2.42. The number of hydrogen-bond acceptors (Lipinski definition) is 10. The molecule has 164 valence electrons. The summed E-state index contributed by atoms with van der Waals surface area (Å²) < 4.78 is 31.7. The standard InChI is InChI=1S/C13H15ClN6O8S2/c1-15-11(23)9-8(12(24)20(9)30(25,26)27)18-10(22)7(19-28-2)5-4-29-13(16-5)17-6(21)3-14/h4,8-9H,3H2,1-2H3,(H,15,23)(H,18,22)(H,16,17,21)(H,25,26,27)/b19-7-. The molecule has 1 aliphatic heterocycles. The lowest BCUT2D eigenvalue weighted by molar-refractivity contribution is -0.151. The Balaban J connectivity index is 2.25. The van der Waals surface area contributed by atoms with Crippen LogP contribution in [0.3, 0.4) is 0 Å². The van der Waals surface area contributed by atoms with Gasteiger partial charge in [-0.25, -0.2) is 4.98 Å². The number of amides is 4. The Labute approximate surface area is 178 Å². The van der Waals surface area contributed by atoms with Gasteiger partial charge in [-0.2, -0.15) is 12.7 Å². The van der Waals surface area contributed by atoms with E-state index in [2.05, 4.69) is 30.9 Å². The smallest absolute Gasteiger partial charge is 0.363 e. The van der Waals surface area contributed by atoms with E-state index in [-0.39, 0.29) is 21.0 Å². The summed E-state index contributed by atoms with van der Waals surface area (Å²) in [4.78, 5) is 56.5. The fourth-order valence-corrected chi connectivity index (χ4v) is 3.99. The minimum atomic E-state index is -5.03. The van der Waals surface area contributed by atoms with Gasteiger partial charge in [0.1, 0.15) is 24.7 Å². The Morgan fingerprint density at radius 3 is 2.63 bits per heavy atom. The van der Waals surface area contributed by atoms with E-state index < -0.39 is 51.7 Å². The first-order valence-corrected chi connectivity index (χ1v) is 10.6. The largest absolute Gasteiger partial charge is 0.398 e. The number of hydrogen-bond donors (Lipinski definition) is 4. The maximum Gasteiger partial charge on any atom is 0.363 e. The number of halogens is 1. The van der Waals surface area contributed by atoms with Crippen LogP contribution in [-0.4, -0.2) is 83.7 Å². The molecule has 0 aromatic carbocycles. The summed E-state index contributed by atoms with van der Waals surface area (Å²) in [6.45, 7) is 0. The summed E-state index contributed by atoms with van der Waals surface area (Å²) in [5.74, 6) is -4.05. The van der Waals surface area contributed by atoms with Crippen LogP contribution in [0.4, 0.5) is 5.13 Å². The number of anilines is 1. The Morgan fingerprint density at radius 1 is 1.43 bits per heavy atom. The Hall–Kier alpha value is -2.82. The topological polar surface area (TPSA) is 196 Å². The number of nitrogens with zero attached hydrogens (tertiary/aromatic N) is 3. The second kappa shape index (κ2) is 9.33. The fourth-order valence-electron chi connectivity index (χ4n) is 2.36. The molecule has 1 aromatic heterocycles. The Morgan fingerprint density at radius 2 is 2.10 bits per heavy atom. The monoisotopic (exact) mass is 482 g/mol. The van der Waals surface area contributed by atoms with Gasteiger partial charge >= 0.3 is 10.3 Å². The first-order chi connectivity index (χ1) is 14.0. The van der Waals surface area contributed by atoms with Crippen LogP contribution < -0.4 is 16.0 Å². The highest BCUT2D eigenvalue weighted by molar-refractivity contribution is 7.84. The van der Waals surface area contributed by atoms with Gasteiger partial charge in [0.2, 0.25) is 11.8 Å². The van der Waals surface area contributed by atoms with Crippen LogP contribution in [0, 0.1) is 0 Å². The van der Waals surface area contributed by atoms with Gasteiger partial charge in [0.25, 0.3) is 11.8 Å². The van der Waals surface area contributed by atoms with Crippen LogP contribution in [0.5, 0.6) is 0 Å². The van der Waals surface area contributed by atoms with E-state index in [1.165, 1.54) is 12.4 Å². The van der Waals surface area contributed by atoms with E-state index in [1.54, 1.807) is 0 Å². The van der Waals surface area contributed by atoms with Crippen LogP contribution >= 0.6 is 22.9 Å². The van der Waals surface area contributed by atoms with Gasteiger partial charge in [-0.05, 0) is 0 Å². The minimum absolute atomic E-state index is 0.0425. The number of aromatic nitrogens is 1. The third kappa shape index (κ3) is 4.84. The number of nitrogens with one attached hydrogen (secondary N) is 3. The predicted molar refractivity (Wildman–Crippen MR) is 103 cm³/mol. The van der Waals surface area contributed by atoms with Gasteiger partial charge in [0.15, 0.2) is 16.9 Å². The predicted octanol–water partition coefficient (Wildman–Crippen LogP) is -2.08. The van der Waals surface area contributed by atoms with Crippen LogP contribution in [0.15, 0.2) is 10.5 Å². The van der Waals surface area contributed by atoms with Crippen molar-refractivity contribution in [1.29, 1.82) is 0 Å². The molecule has 1 fully saturated rings. The molecule has 4 N–H and O–H groups in total. The molecule has 14 nitrogen and oxygen atoms in total. The van der Waals surface area contributed by atoms with Gasteiger partial charge < -0.3 is 20.8 Å². The lowest BCUT2D eigenvalue weighted by atomic mass is 9.97. The van der Waals surface area contributed by atoms with Crippen molar-refractivity contribution in [2.75, 3.05) is 25.4 Å². The van der Waals surface area contributed by atoms with E-state index in [0.29, 0.717) is 0 Å². The summed E-state index contributed by atoms with van der Waals surface area (Å²) in [7, 11) is -2.71. The second-order valence-electron chi connectivity index (χ2n) is 5.46. The minimum Gasteiger partial charge on any atom is -0.398 e. The highest BCUT2D eigenvalue weighted by Crippen LogP contribution is 2.24. The van der Waals surface area contributed by atoms with Gasteiger partial charge in [0, 0.05) is 12.4 Å². The Kier molecular flexibility index (Phi) is 7.30. The normalized spacial score (nSPS) is 19.0. The zero-order valence-corrected chi connectivity index (χ0v) is 17.7. The molecule has 17 heteroatoms. The molecule has 30 heavy (non-hydrogen) atoms. The van der Waals surface area contributed by atoms with Crippen molar-refractivity contribution in [3.63, 3.8) is 0 Å². The van der Waals surface area contributed by atoms with E-state index in [0.717, 1.165) is 18.4 Å². The number of rotatable bonds is 8. The summed E-state index contributed by atoms with van der Waals surface area (Å²) >= 11 is 6.33. The SMILES string of the molecule is CNC(=O)C1C(NC(=O)/C(=N\OC)c2csc(NC(=O)CCl)n2)C(=O)N1S(=O)(=O)O. The maximum atomic E-state index is 12.6. The number of oxime groups is 1. The number of carbonyl (C=O) groups is 4. The van der Waals surface area contributed by atoms with Crippen molar-refractivity contribution in [2.45, 2.75) is 12.1 Å². The first kappa shape index (κ1) is 23.5. The van der Waals surface area contributed by atoms with Crippen LogP contribution in [-0.2, 0) is 34.3 Å². The molecule has 1 saturated heterocycles. The molecule has 0 bridgehead atoms. The van der Waals surface area contributed by atoms with Gasteiger partial charge in [-0.1, -0.05) is 5.16 Å². The van der Waals surface area contributed by atoms with Crippen molar-refractivity contribution in [2.24, 2.45) is 5.16 Å². The third-order valence-electron chi connectivity index (χ3n) is 3.61. The van der Waals surface area contributed by atoms with Crippen molar-refractivity contribution in [3.05, 3.63) is 11.1 Å². The highest BCUT2D eigenvalue weighted by Gasteiger charge is 2.57. The number of likely N-dealkylation sites (N-methyl/N-ethyl adjacent to an activating group) is 1. The summed E-state index contributed by atoms with van der Waals surface area (Å²) in [6, 6.07) is -3.31. The van der Waals surface area contributed by atoms with Gasteiger partial charge in [-0.3, -0.25) is 23.7 Å². The number of alkyl halides is 1.